The zero-order valence-corrected chi connectivity index (χ0v) is 32.0. The lowest BCUT2D eigenvalue weighted by Gasteiger charge is -2.48. The lowest BCUT2D eigenvalue weighted by atomic mass is 9.81. The highest BCUT2D eigenvalue weighted by atomic mass is 35.6. The first kappa shape index (κ1) is 40.8. The SMILES string of the molecule is COCOC[C@@H]1C[C@@H](COCc2ccccc2)N(C(=O)OC(C)(C)C)[C@H]1[C@@H]1Cc2cccc(OC)c2[C@H](COC(C)=O)N1C(=O)OCC(Cl)(Cl)Cl. The third-order valence-electron chi connectivity index (χ3n) is 8.57. The van der Waals surface area contributed by atoms with Crippen LogP contribution in [0.1, 0.15) is 56.8 Å². The molecule has 4 rings (SSSR count). The van der Waals surface area contributed by atoms with E-state index in [-0.39, 0.29) is 39.0 Å². The summed E-state index contributed by atoms with van der Waals surface area (Å²) in [6, 6.07) is 12.4. The van der Waals surface area contributed by atoms with Crippen molar-refractivity contribution < 1.29 is 47.5 Å². The number of hydrogen-bond acceptors (Lipinski definition) is 10. The summed E-state index contributed by atoms with van der Waals surface area (Å²) in [6.07, 6.45) is -0.716. The van der Waals surface area contributed by atoms with Crippen molar-refractivity contribution in [3.05, 3.63) is 65.2 Å². The highest BCUT2D eigenvalue weighted by Gasteiger charge is 2.54. The molecule has 0 aromatic heterocycles. The molecule has 0 unspecified atom stereocenters. The number of carbonyl (C=O) groups excluding carboxylic acids is 3. The van der Waals surface area contributed by atoms with Gasteiger partial charge in [0.2, 0.25) is 3.79 Å². The number of methoxy groups -OCH3 is 2. The van der Waals surface area contributed by atoms with Crippen molar-refractivity contribution in [2.75, 3.05) is 47.4 Å². The molecule has 51 heavy (non-hydrogen) atoms. The van der Waals surface area contributed by atoms with E-state index in [1.165, 1.54) is 26.0 Å². The Morgan fingerprint density at radius 2 is 1.59 bits per heavy atom. The van der Waals surface area contributed by atoms with Crippen molar-refractivity contribution in [3.8, 4) is 5.75 Å². The minimum absolute atomic E-state index is 0.0135. The van der Waals surface area contributed by atoms with E-state index in [9.17, 15) is 14.4 Å². The van der Waals surface area contributed by atoms with Crippen LogP contribution in [0.2, 0.25) is 0 Å². The molecule has 2 heterocycles. The van der Waals surface area contributed by atoms with Gasteiger partial charge in [-0.2, -0.15) is 0 Å². The normalized spacial score (nSPS) is 21.9. The van der Waals surface area contributed by atoms with Gasteiger partial charge in [-0.3, -0.25) is 14.6 Å². The number of esters is 1. The van der Waals surface area contributed by atoms with Crippen molar-refractivity contribution in [3.63, 3.8) is 0 Å². The molecule has 0 aliphatic carbocycles. The molecule has 0 N–H and O–H groups in total. The number of fused-ring (bicyclic) bond motifs is 1. The smallest absolute Gasteiger partial charge is 0.410 e. The van der Waals surface area contributed by atoms with Gasteiger partial charge in [0.25, 0.3) is 0 Å². The van der Waals surface area contributed by atoms with E-state index in [1.807, 2.05) is 42.5 Å². The van der Waals surface area contributed by atoms with E-state index in [2.05, 4.69) is 0 Å². The number of halogens is 3. The van der Waals surface area contributed by atoms with Crippen LogP contribution in [0, 0.1) is 5.92 Å². The van der Waals surface area contributed by atoms with Crippen molar-refractivity contribution in [2.45, 2.75) is 80.7 Å². The van der Waals surface area contributed by atoms with Crippen LogP contribution in [0.4, 0.5) is 9.59 Å². The molecule has 2 aromatic carbocycles. The first-order valence-electron chi connectivity index (χ1n) is 16.6. The number of alkyl halides is 3. The summed E-state index contributed by atoms with van der Waals surface area (Å²) < 4.78 is 38.3. The third-order valence-corrected chi connectivity index (χ3v) is 8.90. The molecule has 1 saturated heterocycles. The first-order chi connectivity index (χ1) is 24.1. The number of carbonyl (C=O) groups is 3. The predicted molar refractivity (Wildman–Crippen MR) is 191 cm³/mol. The van der Waals surface area contributed by atoms with Crippen molar-refractivity contribution in [2.24, 2.45) is 5.92 Å². The fourth-order valence-corrected chi connectivity index (χ4v) is 6.95. The summed E-state index contributed by atoms with van der Waals surface area (Å²) in [5.41, 5.74) is 1.59. The maximum atomic E-state index is 14.3. The van der Waals surface area contributed by atoms with Crippen LogP contribution in [0.5, 0.6) is 5.75 Å². The molecular formula is C36H47Cl3N2O10. The second-order valence-corrected chi connectivity index (χ2v) is 16.0. The van der Waals surface area contributed by atoms with Crippen LogP contribution in [0.3, 0.4) is 0 Å². The van der Waals surface area contributed by atoms with Gasteiger partial charge in [-0.15, -0.1) is 0 Å². The average molecular weight is 774 g/mol. The molecular weight excluding hydrogens is 727 g/mol. The number of rotatable bonds is 13. The molecule has 2 amide bonds. The largest absolute Gasteiger partial charge is 0.496 e. The lowest BCUT2D eigenvalue weighted by molar-refractivity contribution is -0.143. The topological polar surface area (TPSA) is 122 Å². The Bertz CT molecular complexity index is 1470. The minimum atomic E-state index is -1.91. The highest BCUT2D eigenvalue weighted by Crippen LogP contribution is 2.45. The van der Waals surface area contributed by atoms with Gasteiger partial charge in [0.05, 0.1) is 51.1 Å². The van der Waals surface area contributed by atoms with Gasteiger partial charge >= 0.3 is 18.2 Å². The zero-order valence-electron chi connectivity index (χ0n) is 29.8. The van der Waals surface area contributed by atoms with E-state index in [0.717, 1.165) is 11.1 Å². The predicted octanol–water partition coefficient (Wildman–Crippen LogP) is 6.86. The third kappa shape index (κ3) is 11.2. The van der Waals surface area contributed by atoms with E-state index in [0.29, 0.717) is 24.3 Å². The fraction of sp³-hybridized carbons (Fsp3) is 0.583. The molecule has 2 aliphatic heterocycles. The van der Waals surface area contributed by atoms with Crippen molar-refractivity contribution in [1.29, 1.82) is 0 Å². The van der Waals surface area contributed by atoms with Crippen LogP contribution in [0.15, 0.2) is 48.5 Å². The van der Waals surface area contributed by atoms with E-state index in [4.69, 9.17) is 68.0 Å². The first-order valence-corrected chi connectivity index (χ1v) is 17.8. The molecule has 2 aromatic rings. The Morgan fingerprint density at radius 1 is 0.863 bits per heavy atom. The standard InChI is InChI=1S/C36H47Cl3N2O10/c1-23(42)49-20-29-31-25(13-10-14-30(31)46-6)16-28(41(29)33(43)50-21-36(37,38)39)32-26(18-48-22-45-5)15-27(40(32)34(44)51-35(2,3)4)19-47-17-24-11-8-7-9-12-24/h7-14,26-29,32H,15-22H2,1-6H3/t26-,27-,28-,29-,32+/m0/s1. The fourth-order valence-electron chi connectivity index (χ4n) is 6.79. The Balaban J connectivity index is 1.85. The van der Waals surface area contributed by atoms with Gasteiger partial charge in [0.1, 0.15) is 31.4 Å². The lowest BCUT2D eigenvalue weighted by Crippen LogP contribution is -2.61. The number of hydrogen-bond donors (Lipinski definition) is 0. The Labute approximate surface area is 314 Å². The summed E-state index contributed by atoms with van der Waals surface area (Å²) in [5, 5.41) is 0. The average Bonchev–Trinajstić information content (AvgIpc) is 3.42. The van der Waals surface area contributed by atoms with E-state index >= 15 is 0 Å². The van der Waals surface area contributed by atoms with Gasteiger partial charge in [-0.05, 0) is 50.8 Å². The molecule has 0 saturated carbocycles. The second kappa shape index (κ2) is 18.2. The van der Waals surface area contributed by atoms with Gasteiger partial charge in [0.15, 0.2) is 0 Å². The molecule has 15 heteroatoms. The van der Waals surface area contributed by atoms with Crippen LogP contribution in [-0.2, 0) is 46.2 Å². The molecule has 0 spiro atoms. The number of nitrogens with zero attached hydrogens (tertiary/aromatic N) is 2. The van der Waals surface area contributed by atoms with E-state index < -0.39 is 58.3 Å². The summed E-state index contributed by atoms with van der Waals surface area (Å²) in [7, 11) is 3.04. The maximum Gasteiger partial charge on any atom is 0.410 e. The molecule has 282 valence electrons. The zero-order chi connectivity index (χ0) is 37.3. The van der Waals surface area contributed by atoms with Crippen molar-refractivity contribution >= 4 is 53.0 Å². The Hall–Kier alpha value is -3.00. The highest BCUT2D eigenvalue weighted by molar-refractivity contribution is 6.67. The summed E-state index contributed by atoms with van der Waals surface area (Å²) in [6.45, 7) is 6.53. The Kier molecular flexibility index (Phi) is 14.5. The van der Waals surface area contributed by atoms with E-state index in [1.54, 1.807) is 31.7 Å². The van der Waals surface area contributed by atoms with Crippen LogP contribution >= 0.6 is 34.8 Å². The van der Waals surface area contributed by atoms with Gasteiger partial charge in [-0.1, -0.05) is 77.3 Å². The number of benzene rings is 2. The molecule has 2 aliphatic rings. The summed E-state index contributed by atoms with van der Waals surface area (Å²) in [4.78, 5) is 43.9. The van der Waals surface area contributed by atoms with Crippen LogP contribution in [-0.4, -0.2) is 103 Å². The molecule has 0 radical (unpaired) electrons. The van der Waals surface area contributed by atoms with Gasteiger partial charge in [-0.25, -0.2) is 9.59 Å². The molecule has 1 fully saturated rings. The van der Waals surface area contributed by atoms with Crippen LogP contribution < -0.4 is 4.74 Å². The second-order valence-electron chi connectivity index (χ2n) is 13.5. The summed E-state index contributed by atoms with van der Waals surface area (Å²) in [5.74, 6) is -0.418. The molecule has 12 nitrogen and oxygen atoms in total. The number of ether oxygens (including phenoxy) is 7. The van der Waals surface area contributed by atoms with Crippen LogP contribution in [0.25, 0.3) is 0 Å². The molecule has 5 atom stereocenters. The van der Waals surface area contributed by atoms with Gasteiger partial charge < -0.3 is 33.2 Å². The number of likely N-dealkylation sites (tertiary alicyclic amines) is 1. The summed E-state index contributed by atoms with van der Waals surface area (Å²) >= 11 is 18.0. The Morgan fingerprint density at radius 3 is 2.22 bits per heavy atom. The van der Waals surface area contributed by atoms with Crippen molar-refractivity contribution in [1.82, 2.24) is 9.80 Å². The maximum absolute atomic E-state index is 14.3. The number of amides is 2. The van der Waals surface area contributed by atoms with Gasteiger partial charge in [0, 0.05) is 25.5 Å². The quantitative estimate of drug-likeness (QED) is 0.0702. The molecule has 0 bridgehead atoms. The minimum Gasteiger partial charge on any atom is -0.496 e. The monoisotopic (exact) mass is 772 g/mol.